The summed E-state index contributed by atoms with van der Waals surface area (Å²) < 4.78 is 29.7. The summed E-state index contributed by atoms with van der Waals surface area (Å²) in [5.41, 5.74) is 0.530. The second-order valence-electron chi connectivity index (χ2n) is 2.31. The zero-order valence-electron chi connectivity index (χ0n) is 6.47. The highest BCUT2D eigenvalue weighted by Gasteiger charge is 2.07. The van der Waals surface area contributed by atoms with Gasteiger partial charge in [0.2, 0.25) is 0 Å². The number of rotatable bonds is 2. The van der Waals surface area contributed by atoms with Crippen molar-refractivity contribution >= 4 is 22.1 Å². The third-order valence-corrected chi connectivity index (χ3v) is 2.27. The molecule has 0 saturated carbocycles. The maximum absolute atomic E-state index is 10.6. The molecule has 0 aliphatic heterocycles. The van der Waals surface area contributed by atoms with Gasteiger partial charge in [0.05, 0.1) is 4.90 Å². The Morgan fingerprint density at radius 3 is 2.15 bits per heavy atom. The molecule has 0 fully saturated rings. The first-order chi connectivity index (χ1) is 6.04. The van der Waals surface area contributed by atoms with Gasteiger partial charge in [0.25, 0.3) is 10.1 Å². The number of carbonyl (C=O) groups excluding carboxylic acids is 1. The second kappa shape index (κ2) is 3.53. The summed E-state index contributed by atoms with van der Waals surface area (Å²) in [6, 6.07) is 5.21. The molecule has 13 heavy (non-hydrogen) atoms. The monoisotopic (exact) mass is 198 g/mol. The molecule has 0 aromatic heterocycles. The first-order valence-electron chi connectivity index (χ1n) is 3.32. The molecule has 0 aliphatic rings. The fourth-order valence-electron chi connectivity index (χ4n) is 0.804. The van der Waals surface area contributed by atoms with Gasteiger partial charge in [0.1, 0.15) is 5.94 Å². The zero-order valence-corrected chi connectivity index (χ0v) is 7.28. The minimum Gasteiger partial charge on any atom is -0.282 e. The van der Waals surface area contributed by atoms with E-state index in [1.807, 2.05) is 0 Å². The zero-order chi connectivity index (χ0) is 9.90. The molecule has 0 atom stereocenters. The van der Waals surface area contributed by atoms with Gasteiger partial charge in [-0.2, -0.15) is 8.42 Å². The van der Waals surface area contributed by atoms with Crippen molar-refractivity contribution in [1.82, 2.24) is 0 Å². The van der Waals surface area contributed by atoms with Crippen LogP contribution in [0.25, 0.3) is 6.08 Å². The molecule has 68 valence electrons. The van der Waals surface area contributed by atoms with Crippen molar-refractivity contribution in [3.05, 3.63) is 29.8 Å². The van der Waals surface area contributed by atoms with Gasteiger partial charge in [0.15, 0.2) is 0 Å². The Morgan fingerprint density at radius 2 is 1.77 bits per heavy atom. The van der Waals surface area contributed by atoms with E-state index in [1.165, 1.54) is 24.3 Å². The largest absolute Gasteiger partial charge is 0.294 e. The van der Waals surface area contributed by atoms with Crippen molar-refractivity contribution < 1.29 is 17.8 Å². The Balaban J connectivity index is 3.15. The molecule has 0 aliphatic carbocycles. The maximum atomic E-state index is 10.6. The molecule has 0 spiro atoms. The smallest absolute Gasteiger partial charge is 0.282 e. The molecule has 1 aromatic rings. The van der Waals surface area contributed by atoms with E-state index in [2.05, 4.69) is 0 Å². The van der Waals surface area contributed by atoms with Crippen molar-refractivity contribution in [2.45, 2.75) is 4.90 Å². The molecular weight excluding hydrogens is 192 g/mol. The van der Waals surface area contributed by atoms with Gasteiger partial charge in [-0.15, -0.1) is 0 Å². The van der Waals surface area contributed by atoms with Crippen molar-refractivity contribution in [2.24, 2.45) is 0 Å². The standard InChI is InChI=1S/C8H6O4S/c9-6-5-7-1-3-8(4-2-7)13(10,11)12/h1-5H,(H,10,11,12). The highest BCUT2D eigenvalue weighted by molar-refractivity contribution is 7.85. The quantitative estimate of drug-likeness (QED) is 0.563. The molecule has 0 unspecified atom stereocenters. The number of hydrogen-bond donors (Lipinski definition) is 1. The van der Waals surface area contributed by atoms with Gasteiger partial charge in [-0.3, -0.25) is 4.55 Å². The third-order valence-electron chi connectivity index (χ3n) is 1.40. The van der Waals surface area contributed by atoms with Gasteiger partial charge >= 0.3 is 0 Å². The van der Waals surface area contributed by atoms with Crippen molar-refractivity contribution in [2.75, 3.05) is 0 Å². The van der Waals surface area contributed by atoms with Gasteiger partial charge in [-0.05, 0) is 17.7 Å². The van der Waals surface area contributed by atoms with Gasteiger partial charge < -0.3 is 0 Å². The van der Waals surface area contributed by atoms with Crippen LogP contribution in [-0.4, -0.2) is 18.9 Å². The Kier molecular flexibility index (Phi) is 2.63. The Labute approximate surface area is 75.3 Å². The summed E-state index contributed by atoms with van der Waals surface area (Å²) in [6.07, 6.45) is 1.16. The molecule has 0 saturated heterocycles. The topological polar surface area (TPSA) is 71.4 Å². The first-order valence-corrected chi connectivity index (χ1v) is 4.76. The molecule has 0 radical (unpaired) electrons. The average Bonchev–Trinajstić information content (AvgIpc) is 2.04. The predicted octanol–water partition coefficient (Wildman–Crippen LogP) is 0.778. The fourth-order valence-corrected chi connectivity index (χ4v) is 1.28. The van der Waals surface area contributed by atoms with E-state index in [-0.39, 0.29) is 4.90 Å². The number of benzene rings is 1. The van der Waals surface area contributed by atoms with E-state index in [4.69, 9.17) is 4.55 Å². The molecule has 4 nitrogen and oxygen atoms in total. The Hall–Kier alpha value is -1.42. The van der Waals surface area contributed by atoms with Crippen molar-refractivity contribution in [1.29, 1.82) is 0 Å². The molecule has 1 rings (SSSR count). The lowest BCUT2D eigenvalue weighted by molar-refractivity contribution is 0.483. The van der Waals surface area contributed by atoms with Crippen LogP contribution in [0.3, 0.4) is 0 Å². The van der Waals surface area contributed by atoms with Crippen LogP contribution in [0.1, 0.15) is 5.56 Å². The molecule has 5 heteroatoms. The van der Waals surface area contributed by atoms with Crippen molar-refractivity contribution in [3.63, 3.8) is 0 Å². The Bertz CT molecular complexity index is 438. The van der Waals surface area contributed by atoms with E-state index >= 15 is 0 Å². The van der Waals surface area contributed by atoms with Crippen molar-refractivity contribution in [3.8, 4) is 0 Å². The van der Waals surface area contributed by atoms with Gasteiger partial charge in [0, 0.05) is 6.08 Å². The molecule has 0 heterocycles. The maximum Gasteiger partial charge on any atom is 0.294 e. The van der Waals surface area contributed by atoms with E-state index in [9.17, 15) is 13.2 Å². The molecule has 0 bridgehead atoms. The SMILES string of the molecule is O=C=Cc1ccc(S(=O)(=O)O)cc1. The Morgan fingerprint density at radius 1 is 1.23 bits per heavy atom. The second-order valence-corrected chi connectivity index (χ2v) is 3.73. The van der Waals surface area contributed by atoms with E-state index in [0.717, 1.165) is 6.08 Å². The molecule has 1 N–H and O–H groups in total. The summed E-state index contributed by atoms with van der Waals surface area (Å²) >= 11 is 0. The van der Waals surface area contributed by atoms with E-state index in [0.29, 0.717) is 5.56 Å². The predicted molar refractivity (Wildman–Crippen MR) is 46.4 cm³/mol. The number of hydrogen-bond acceptors (Lipinski definition) is 3. The summed E-state index contributed by atoms with van der Waals surface area (Å²) in [5, 5.41) is 0. The van der Waals surface area contributed by atoms with Crippen LogP contribution in [0.5, 0.6) is 0 Å². The van der Waals surface area contributed by atoms with E-state index < -0.39 is 10.1 Å². The fraction of sp³-hybridized carbons (Fsp3) is 0. The third kappa shape index (κ3) is 2.52. The van der Waals surface area contributed by atoms with Crippen LogP contribution in [0.4, 0.5) is 0 Å². The lowest BCUT2D eigenvalue weighted by atomic mass is 10.2. The summed E-state index contributed by atoms with van der Waals surface area (Å²) in [5.74, 6) is 1.56. The average molecular weight is 198 g/mol. The lowest BCUT2D eigenvalue weighted by Gasteiger charge is -1.95. The molecule has 1 aromatic carbocycles. The van der Waals surface area contributed by atoms with Crippen LogP contribution >= 0.6 is 0 Å². The minimum atomic E-state index is -4.15. The van der Waals surface area contributed by atoms with Crippen LogP contribution in [-0.2, 0) is 14.9 Å². The summed E-state index contributed by atoms with van der Waals surface area (Å²) in [6.45, 7) is 0. The molecular formula is C8H6O4S. The van der Waals surface area contributed by atoms with Crippen LogP contribution < -0.4 is 0 Å². The van der Waals surface area contributed by atoms with Crippen LogP contribution in [0, 0.1) is 0 Å². The highest BCUT2D eigenvalue weighted by Crippen LogP contribution is 2.10. The van der Waals surface area contributed by atoms with Crippen LogP contribution in [0.15, 0.2) is 29.2 Å². The highest BCUT2D eigenvalue weighted by atomic mass is 32.2. The summed E-state index contributed by atoms with van der Waals surface area (Å²) in [7, 11) is -4.15. The summed E-state index contributed by atoms with van der Waals surface area (Å²) in [4.78, 5) is 9.71. The van der Waals surface area contributed by atoms with E-state index in [1.54, 1.807) is 5.94 Å². The normalized spacial score (nSPS) is 10.5. The van der Waals surface area contributed by atoms with Gasteiger partial charge in [-0.25, -0.2) is 4.79 Å². The lowest BCUT2D eigenvalue weighted by Crippen LogP contribution is -1.97. The van der Waals surface area contributed by atoms with Crippen LogP contribution in [0.2, 0.25) is 0 Å². The minimum absolute atomic E-state index is 0.199. The van der Waals surface area contributed by atoms with Gasteiger partial charge in [-0.1, -0.05) is 12.1 Å². The molecule has 0 amide bonds. The first kappa shape index (κ1) is 9.67.